The summed E-state index contributed by atoms with van der Waals surface area (Å²) in [5, 5.41) is 1.54. The van der Waals surface area contributed by atoms with Gasteiger partial charge in [-0.2, -0.15) is 0 Å². The average Bonchev–Trinajstić information content (AvgIpc) is 3.49. The summed E-state index contributed by atoms with van der Waals surface area (Å²) in [6.07, 6.45) is 4.92. The summed E-state index contributed by atoms with van der Waals surface area (Å²) >= 11 is 19.1. The molecule has 0 bridgehead atoms. The molecule has 0 N–H and O–H groups in total. The Morgan fingerprint density at radius 3 is 2.56 bits per heavy atom. The van der Waals surface area contributed by atoms with Crippen LogP contribution in [0.5, 0.6) is 5.75 Å². The molecule has 0 amide bonds. The quantitative estimate of drug-likeness (QED) is 0.270. The van der Waals surface area contributed by atoms with Crippen molar-refractivity contribution in [2.45, 2.75) is 18.4 Å². The first-order valence-corrected chi connectivity index (χ1v) is 11.9. The molecule has 0 spiro atoms. The third kappa shape index (κ3) is 4.95. The Kier molecular flexibility index (Phi) is 6.82. The Morgan fingerprint density at radius 1 is 0.971 bits per heavy atom. The van der Waals surface area contributed by atoms with Gasteiger partial charge < -0.3 is 18.8 Å². The van der Waals surface area contributed by atoms with E-state index < -0.39 is 5.79 Å². The van der Waals surface area contributed by atoms with Crippen LogP contribution in [0, 0.1) is 0 Å². The molecule has 2 atom stereocenters. The number of ether oxygens (including phenoxy) is 3. The Bertz CT molecular complexity index is 1270. The minimum atomic E-state index is -1.10. The molecule has 2 heterocycles. The number of imidazole rings is 1. The lowest BCUT2D eigenvalue weighted by Crippen LogP contribution is -2.34. The van der Waals surface area contributed by atoms with E-state index in [1.807, 2.05) is 65.4 Å². The predicted octanol–water partition coefficient (Wildman–Crippen LogP) is 6.86. The second kappa shape index (κ2) is 9.98. The number of hydrogen-bond acceptors (Lipinski definition) is 4. The minimum Gasteiger partial charge on any atom is -0.489 e. The molecule has 5 rings (SSSR count). The van der Waals surface area contributed by atoms with Crippen LogP contribution >= 0.6 is 34.8 Å². The molecule has 1 fully saturated rings. The molecule has 5 nitrogen and oxygen atoms in total. The van der Waals surface area contributed by atoms with Crippen LogP contribution in [0.25, 0.3) is 11.1 Å². The highest BCUT2D eigenvalue weighted by atomic mass is 35.5. The topological polar surface area (TPSA) is 45.5 Å². The van der Waals surface area contributed by atoms with Crippen molar-refractivity contribution < 1.29 is 14.2 Å². The van der Waals surface area contributed by atoms with Crippen molar-refractivity contribution in [3.8, 4) is 16.9 Å². The average molecular weight is 516 g/mol. The largest absolute Gasteiger partial charge is 0.489 e. The number of rotatable bonds is 7. The number of halogens is 3. The molecule has 3 aromatic carbocycles. The second-order valence-corrected chi connectivity index (χ2v) is 9.24. The number of nitrogens with zero attached hydrogens (tertiary/aromatic N) is 2. The lowest BCUT2D eigenvalue weighted by Gasteiger charge is -2.30. The van der Waals surface area contributed by atoms with Gasteiger partial charge in [0.25, 0.3) is 0 Å². The van der Waals surface area contributed by atoms with E-state index in [1.54, 1.807) is 24.7 Å². The first-order chi connectivity index (χ1) is 16.5. The van der Waals surface area contributed by atoms with E-state index in [1.165, 1.54) is 0 Å². The molecular formula is C26H21Cl3N2O3. The van der Waals surface area contributed by atoms with Gasteiger partial charge in [-0.1, -0.05) is 77.3 Å². The smallest absolute Gasteiger partial charge is 0.215 e. The number of hydrogen-bond donors (Lipinski definition) is 0. The second-order valence-electron chi connectivity index (χ2n) is 7.99. The normalized spacial score (nSPS) is 19.9. The van der Waals surface area contributed by atoms with Gasteiger partial charge in [0.15, 0.2) is 0 Å². The van der Waals surface area contributed by atoms with Gasteiger partial charge in [-0.15, -0.1) is 0 Å². The van der Waals surface area contributed by atoms with Crippen LogP contribution in [0.4, 0.5) is 0 Å². The van der Waals surface area contributed by atoms with Crippen LogP contribution in [0.15, 0.2) is 85.5 Å². The standard InChI is InChI=1S/C26H21Cl3N2O3/c27-20-7-8-22(23(28)13-20)26(16-31-11-10-30-17-31)33-15-21(34-26)14-32-25-9-6-19(12-24(25)29)18-4-2-1-3-5-18/h1-13,17,21H,14-16H2/t21-,26+/m0/s1. The zero-order valence-electron chi connectivity index (χ0n) is 18.0. The summed E-state index contributed by atoms with van der Waals surface area (Å²) in [5.74, 6) is -0.515. The van der Waals surface area contributed by atoms with Gasteiger partial charge in [-0.3, -0.25) is 0 Å². The number of benzene rings is 3. The predicted molar refractivity (Wildman–Crippen MR) is 134 cm³/mol. The van der Waals surface area contributed by atoms with Crippen LogP contribution in [0.1, 0.15) is 5.56 Å². The molecule has 0 radical (unpaired) electrons. The first-order valence-electron chi connectivity index (χ1n) is 10.7. The highest BCUT2D eigenvalue weighted by Crippen LogP contribution is 2.41. The summed E-state index contributed by atoms with van der Waals surface area (Å²) in [6, 6.07) is 21.1. The fourth-order valence-electron chi connectivity index (χ4n) is 3.99. The summed E-state index contributed by atoms with van der Waals surface area (Å²) in [6.45, 7) is 0.964. The van der Waals surface area contributed by atoms with E-state index >= 15 is 0 Å². The van der Waals surface area contributed by atoms with Crippen molar-refractivity contribution in [1.82, 2.24) is 9.55 Å². The van der Waals surface area contributed by atoms with Gasteiger partial charge in [0.05, 0.1) is 29.5 Å². The zero-order valence-corrected chi connectivity index (χ0v) is 20.3. The molecule has 4 aromatic rings. The molecule has 174 valence electrons. The van der Waals surface area contributed by atoms with Crippen LogP contribution in [0.2, 0.25) is 15.1 Å². The Labute approximate surface area is 212 Å². The van der Waals surface area contributed by atoms with E-state index in [4.69, 9.17) is 49.0 Å². The van der Waals surface area contributed by atoms with Crippen LogP contribution < -0.4 is 4.74 Å². The monoisotopic (exact) mass is 514 g/mol. The molecule has 1 aliphatic rings. The van der Waals surface area contributed by atoms with E-state index in [2.05, 4.69) is 4.98 Å². The zero-order chi connectivity index (χ0) is 23.5. The molecule has 8 heteroatoms. The van der Waals surface area contributed by atoms with Crippen LogP contribution in [0.3, 0.4) is 0 Å². The van der Waals surface area contributed by atoms with Gasteiger partial charge in [-0.25, -0.2) is 4.98 Å². The highest BCUT2D eigenvalue weighted by molar-refractivity contribution is 6.35. The van der Waals surface area contributed by atoms with E-state index in [0.29, 0.717) is 39.5 Å². The Hall–Kier alpha value is -2.54. The Morgan fingerprint density at radius 2 is 1.82 bits per heavy atom. The van der Waals surface area contributed by atoms with Gasteiger partial charge in [0.2, 0.25) is 5.79 Å². The molecular weight excluding hydrogens is 495 g/mol. The van der Waals surface area contributed by atoms with Crippen LogP contribution in [-0.2, 0) is 21.8 Å². The SMILES string of the molecule is Clc1ccc([C@]2(Cn3ccnc3)OC[C@H](COc3ccc(-c4ccccc4)cc3Cl)O2)c(Cl)c1. The van der Waals surface area contributed by atoms with Crippen molar-refractivity contribution in [3.05, 3.63) is 106 Å². The molecule has 34 heavy (non-hydrogen) atoms. The van der Waals surface area contributed by atoms with Crippen LogP contribution in [-0.4, -0.2) is 28.9 Å². The van der Waals surface area contributed by atoms with Gasteiger partial charge >= 0.3 is 0 Å². The third-order valence-electron chi connectivity index (χ3n) is 5.61. The minimum absolute atomic E-state index is 0.265. The van der Waals surface area contributed by atoms with E-state index in [-0.39, 0.29) is 12.7 Å². The summed E-state index contributed by atoms with van der Waals surface area (Å²) in [5.41, 5.74) is 2.81. The van der Waals surface area contributed by atoms with Crippen molar-refractivity contribution in [2.75, 3.05) is 13.2 Å². The van der Waals surface area contributed by atoms with Crippen molar-refractivity contribution in [2.24, 2.45) is 0 Å². The van der Waals surface area contributed by atoms with Crippen molar-refractivity contribution in [3.63, 3.8) is 0 Å². The Balaban J connectivity index is 1.32. The molecule has 1 saturated heterocycles. The lowest BCUT2D eigenvalue weighted by atomic mass is 10.1. The van der Waals surface area contributed by atoms with E-state index in [0.717, 1.165) is 11.1 Å². The number of aromatic nitrogens is 2. The van der Waals surface area contributed by atoms with E-state index in [9.17, 15) is 0 Å². The summed E-state index contributed by atoms with van der Waals surface area (Å²) in [4.78, 5) is 4.12. The summed E-state index contributed by atoms with van der Waals surface area (Å²) in [7, 11) is 0. The fourth-order valence-corrected chi connectivity index (χ4v) is 4.77. The third-order valence-corrected chi connectivity index (χ3v) is 6.46. The maximum absolute atomic E-state index is 6.53. The lowest BCUT2D eigenvalue weighted by molar-refractivity contribution is -0.189. The molecule has 1 aromatic heterocycles. The fraction of sp³-hybridized carbons (Fsp3) is 0.192. The maximum atomic E-state index is 6.53. The van der Waals surface area contributed by atoms with Crippen molar-refractivity contribution >= 4 is 34.8 Å². The van der Waals surface area contributed by atoms with Crippen molar-refractivity contribution in [1.29, 1.82) is 0 Å². The molecule has 0 aliphatic carbocycles. The molecule has 0 saturated carbocycles. The summed E-state index contributed by atoms with van der Waals surface area (Å²) < 4.78 is 20.5. The van der Waals surface area contributed by atoms with Gasteiger partial charge in [-0.05, 0) is 35.4 Å². The first kappa shape index (κ1) is 23.2. The van der Waals surface area contributed by atoms with Gasteiger partial charge in [0.1, 0.15) is 18.5 Å². The van der Waals surface area contributed by atoms with Gasteiger partial charge in [0, 0.05) is 23.0 Å². The molecule has 0 unspecified atom stereocenters. The molecule has 1 aliphatic heterocycles. The highest BCUT2D eigenvalue weighted by Gasteiger charge is 2.45. The maximum Gasteiger partial charge on any atom is 0.215 e.